The van der Waals surface area contributed by atoms with Gasteiger partial charge in [0.25, 0.3) is 17.4 Å². The number of carbonyl (C=O) groups excluding carboxylic acids is 2. The predicted molar refractivity (Wildman–Crippen MR) is 159 cm³/mol. The number of halogens is 3. The van der Waals surface area contributed by atoms with Gasteiger partial charge in [-0.15, -0.1) is 11.3 Å². The second kappa shape index (κ2) is 9.70. The summed E-state index contributed by atoms with van der Waals surface area (Å²) in [5.74, 6) is -0.829. The third-order valence-electron chi connectivity index (χ3n) is 8.34. The molecule has 1 aliphatic heterocycles. The van der Waals surface area contributed by atoms with Gasteiger partial charge in [-0.2, -0.15) is 13.2 Å². The molecule has 2 aromatic heterocycles. The third kappa shape index (κ3) is 4.37. The molecule has 44 heavy (non-hydrogen) atoms. The molecule has 7 nitrogen and oxygen atoms in total. The van der Waals surface area contributed by atoms with Crippen LogP contribution in [-0.2, 0) is 12.1 Å². The van der Waals surface area contributed by atoms with E-state index >= 15 is 0 Å². The van der Waals surface area contributed by atoms with Crippen molar-refractivity contribution in [2.24, 2.45) is 0 Å². The summed E-state index contributed by atoms with van der Waals surface area (Å²) in [5.41, 5.74) is 0.186. The standard InChI is InChI=1S/C33H24F3N3O4S/c1-31(43)15-32(16-31,39-28(40)22-9-5-6-10-23(22)29(39)41)21-13-11-20(12-14-21)26-24(19-7-3-2-4-8-19)25-27(44-26)37-18-38(30(25)42)17-33(34,35)36/h2-14,18,43H,15-17H2,1H3/t31-,32+. The average molecular weight is 616 g/mol. The van der Waals surface area contributed by atoms with Crippen molar-refractivity contribution in [3.05, 3.63) is 112 Å². The first kappa shape index (κ1) is 28.2. The Hall–Kier alpha value is -4.61. The monoisotopic (exact) mass is 615 g/mol. The number of aliphatic hydroxyl groups is 1. The molecule has 0 spiro atoms. The molecule has 0 saturated heterocycles. The van der Waals surface area contributed by atoms with Crippen molar-refractivity contribution < 1.29 is 27.9 Å². The molecule has 0 atom stereocenters. The van der Waals surface area contributed by atoms with Crippen molar-refractivity contribution in [3.63, 3.8) is 0 Å². The molecule has 222 valence electrons. The number of thiophene rings is 1. The minimum atomic E-state index is -4.59. The van der Waals surface area contributed by atoms with Gasteiger partial charge in [-0.3, -0.25) is 23.9 Å². The van der Waals surface area contributed by atoms with Crippen LogP contribution in [0.3, 0.4) is 0 Å². The van der Waals surface area contributed by atoms with Crippen molar-refractivity contribution in [2.75, 3.05) is 0 Å². The van der Waals surface area contributed by atoms with Crippen molar-refractivity contribution in [3.8, 4) is 21.6 Å². The Balaban J connectivity index is 1.35. The largest absolute Gasteiger partial charge is 0.406 e. The lowest BCUT2D eigenvalue weighted by Crippen LogP contribution is -2.63. The highest BCUT2D eigenvalue weighted by Crippen LogP contribution is 2.55. The van der Waals surface area contributed by atoms with Crippen LogP contribution >= 0.6 is 11.3 Å². The lowest BCUT2D eigenvalue weighted by atomic mass is 9.61. The van der Waals surface area contributed by atoms with Gasteiger partial charge in [-0.05, 0) is 35.7 Å². The van der Waals surface area contributed by atoms with Crippen molar-refractivity contribution >= 4 is 33.4 Å². The Labute approximate surface area is 252 Å². The number of amides is 2. The predicted octanol–water partition coefficient (Wildman–Crippen LogP) is 6.39. The van der Waals surface area contributed by atoms with E-state index in [1.54, 1.807) is 85.8 Å². The number of nitrogens with zero attached hydrogens (tertiary/aromatic N) is 3. The molecule has 0 radical (unpaired) electrons. The number of imide groups is 1. The van der Waals surface area contributed by atoms with Crippen LogP contribution in [-0.4, -0.2) is 43.1 Å². The number of alkyl halides is 3. The zero-order chi connectivity index (χ0) is 31.0. The lowest BCUT2D eigenvalue weighted by Gasteiger charge is -2.55. The first-order chi connectivity index (χ1) is 20.9. The van der Waals surface area contributed by atoms with E-state index < -0.39 is 41.2 Å². The van der Waals surface area contributed by atoms with Gasteiger partial charge >= 0.3 is 6.18 Å². The Morgan fingerprint density at radius 1 is 0.864 bits per heavy atom. The Morgan fingerprint density at radius 3 is 2.02 bits per heavy atom. The van der Waals surface area contributed by atoms with Gasteiger partial charge in [-0.25, -0.2) is 4.98 Å². The summed E-state index contributed by atoms with van der Waals surface area (Å²) in [4.78, 5) is 46.8. The van der Waals surface area contributed by atoms with Crippen molar-refractivity contribution in [1.82, 2.24) is 14.5 Å². The maximum atomic E-state index is 13.5. The van der Waals surface area contributed by atoms with Crippen LogP contribution in [0.15, 0.2) is 90.0 Å². The van der Waals surface area contributed by atoms with E-state index in [0.29, 0.717) is 47.7 Å². The van der Waals surface area contributed by atoms with Crippen LogP contribution in [0.4, 0.5) is 13.2 Å². The van der Waals surface area contributed by atoms with Crippen molar-refractivity contribution in [1.29, 1.82) is 0 Å². The molecular weight excluding hydrogens is 591 g/mol. The topological polar surface area (TPSA) is 92.5 Å². The number of fused-ring (bicyclic) bond motifs is 2. The van der Waals surface area contributed by atoms with Gasteiger partial charge in [0.05, 0.1) is 34.0 Å². The number of hydrogen-bond donors (Lipinski definition) is 1. The summed E-state index contributed by atoms with van der Waals surface area (Å²) in [6.07, 6.45) is -3.36. The van der Waals surface area contributed by atoms with Crippen LogP contribution < -0.4 is 5.56 Å². The van der Waals surface area contributed by atoms with E-state index in [2.05, 4.69) is 4.98 Å². The highest BCUT2D eigenvalue weighted by Gasteiger charge is 2.60. The molecule has 0 bridgehead atoms. The fraction of sp³-hybridized carbons (Fsp3) is 0.212. The number of benzene rings is 3. The van der Waals surface area contributed by atoms with Gasteiger partial charge in [0.1, 0.15) is 11.4 Å². The summed E-state index contributed by atoms with van der Waals surface area (Å²) in [6, 6.07) is 22.8. The maximum Gasteiger partial charge on any atom is 0.406 e. The Kier molecular flexibility index (Phi) is 6.21. The fourth-order valence-electron chi connectivity index (χ4n) is 6.63. The molecule has 11 heteroatoms. The molecule has 5 aromatic rings. The number of aromatic nitrogens is 2. The zero-order valence-electron chi connectivity index (χ0n) is 23.3. The molecule has 1 aliphatic carbocycles. The first-order valence-corrected chi connectivity index (χ1v) is 14.7. The van der Waals surface area contributed by atoms with Gasteiger partial charge in [-0.1, -0.05) is 66.7 Å². The number of hydrogen-bond acceptors (Lipinski definition) is 6. The second-order valence-electron chi connectivity index (χ2n) is 11.6. The van der Waals surface area contributed by atoms with E-state index in [0.717, 1.165) is 6.33 Å². The summed E-state index contributed by atoms with van der Waals surface area (Å²) in [5, 5.41) is 10.9. The normalized spacial score (nSPS) is 21.5. The van der Waals surface area contributed by atoms with E-state index in [4.69, 9.17) is 0 Å². The van der Waals surface area contributed by atoms with Crippen LogP contribution in [0.25, 0.3) is 31.8 Å². The summed E-state index contributed by atoms with van der Waals surface area (Å²) >= 11 is 1.20. The number of rotatable bonds is 5. The Morgan fingerprint density at radius 2 is 1.45 bits per heavy atom. The molecule has 1 fully saturated rings. The second-order valence-corrected chi connectivity index (χ2v) is 12.6. The van der Waals surface area contributed by atoms with Gasteiger partial charge < -0.3 is 5.11 Å². The smallest absolute Gasteiger partial charge is 0.390 e. The highest BCUT2D eigenvalue weighted by molar-refractivity contribution is 7.22. The van der Waals surface area contributed by atoms with Crippen molar-refractivity contribution in [2.45, 2.75) is 43.6 Å². The minimum Gasteiger partial charge on any atom is -0.390 e. The van der Waals surface area contributed by atoms with Crippen LogP contribution in [0.5, 0.6) is 0 Å². The minimum absolute atomic E-state index is 0.101. The van der Waals surface area contributed by atoms with Gasteiger partial charge in [0, 0.05) is 23.3 Å². The molecule has 7 rings (SSSR count). The average Bonchev–Trinajstić information content (AvgIpc) is 3.49. The van der Waals surface area contributed by atoms with E-state index in [-0.39, 0.29) is 18.2 Å². The molecule has 2 amide bonds. The maximum absolute atomic E-state index is 13.5. The van der Waals surface area contributed by atoms with E-state index in [1.165, 1.54) is 16.2 Å². The SMILES string of the molecule is C[C@]1(O)C[C@@](c2ccc(-c3sc4ncn(CC(F)(F)F)c(=O)c4c3-c3ccccc3)cc2)(N2C(=O)c3ccccc3C2=O)C1. The third-order valence-corrected chi connectivity index (χ3v) is 9.49. The summed E-state index contributed by atoms with van der Waals surface area (Å²) < 4.78 is 40.2. The highest BCUT2D eigenvalue weighted by atomic mass is 32.1. The Bertz CT molecular complexity index is 1990. The number of carbonyl (C=O) groups is 2. The zero-order valence-corrected chi connectivity index (χ0v) is 24.1. The van der Waals surface area contributed by atoms with Gasteiger partial charge in [0.15, 0.2) is 0 Å². The summed E-state index contributed by atoms with van der Waals surface area (Å²) in [6.45, 7) is 0.215. The first-order valence-electron chi connectivity index (χ1n) is 13.8. The molecule has 1 saturated carbocycles. The molecule has 3 aromatic carbocycles. The fourth-order valence-corrected chi connectivity index (χ4v) is 7.79. The van der Waals surface area contributed by atoms with Crippen LogP contribution in [0, 0.1) is 0 Å². The molecule has 2 aliphatic rings. The van der Waals surface area contributed by atoms with Gasteiger partial charge in [0.2, 0.25) is 0 Å². The lowest BCUT2D eigenvalue weighted by molar-refractivity contribution is -0.141. The van der Waals surface area contributed by atoms with Crippen LogP contribution in [0.2, 0.25) is 0 Å². The van der Waals surface area contributed by atoms with E-state index in [1.807, 2.05) is 0 Å². The molecule has 1 N–H and O–H groups in total. The summed E-state index contributed by atoms with van der Waals surface area (Å²) in [7, 11) is 0. The molecule has 0 unspecified atom stereocenters. The quantitative estimate of drug-likeness (QED) is 0.232. The van der Waals surface area contributed by atoms with Crippen LogP contribution in [0.1, 0.15) is 46.0 Å². The van der Waals surface area contributed by atoms with E-state index in [9.17, 15) is 32.7 Å². The molecular formula is C33H24F3N3O4S. The molecule has 3 heterocycles.